The van der Waals surface area contributed by atoms with Crippen LogP contribution in [-0.4, -0.2) is 40.0 Å². The van der Waals surface area contributed by atoms with E-state index in [4.69, 9.17) is 16.8 Å². The number of hydrogen-bond donors (Lipinski definition) is 0. The lowest BCUT2D eigenvalue weighted by molar-refractivity contribution is -0.131. The van der Waals surface area contributed by atoms with Gasteiger partial charge in [-0.2, -0.15) is 0 Å². The zero-order valence-corrected chi connectivity index (χ0v) is 28.1. The molecule has 9 heteroatoms. The van der Waals surface area contributed by atoms with E-state index in [1.54, 1.807) is 0 Å². The molecule has 0 radical (unpaired) electrons. The SMILES string of the molecule is C=CC(=O)O[Si](O[Si](C)(O[Si](C)(C)C)O[Si](C(C)C)(C(C)C)C(C)C)(C(C)CC)C(C)CC. The second kappa shape index (κ2) is 12.8. The summed E-state index contributed by atoms with van der Waals surface area (Å²) in [5.41, 5.74) is 1.40. The fourth-order valence-corrected chi connectivity index (χ4v) is 27.7. The molecular weight excluding hydrogens is 481 g/mol. The maximum Gasteiger partial charge on any atom is 0.468 e. The standard InChI is InChI=1S/C24H54O5Si4/c1-16-22(10)33(23(11)17-2,26-24(25)18-3)29-31(15,27-30(12,13)14)28-32(19(4)5,20(6)7)21(8)9/h18-23H,3,16-17H2,1-2,4-15H3. The van der Waals surface area contributed by atoms with Gasteiger partial charge in [0.15, 0.2) is 16.6 Å². The van der Waals surface area contributed by atoms with Crippen LogP contribution < -0.4 is 0 Å². The molecule has 196 valence electrons. The predicted octanol–water partition coefficient (Wildman–Crippen LogP) is 8.39. The average molecular weight is 535 g/mol. The number of carbonyl (C=O) groups excluding carboxylic acids is 1. The molecule has 0 spiro atoms. The Morgan fingerprint density at radius 1 is 0.758 bits per heavy atom. The van der Waals surface area contributed by atoms with Gasteiger partial charge in [0.25, 0.3) is 0 Å². The number of carbonyl (C=O) groups is 1. The Hall–Kier alpha value is -0.0425. The van der Waals surface area contributed by atoms with E-state index in [0.29, 0.717) is 16.6 Å². The van der Waals surface area contributed by atoms with Gasteiger partial charge in [0.2, 0.25) is 0 Å². The largest absolute Gasteiger partial charge is 0.491 e. The molecule has 0 fully saturated rings. The molecule has 0 aromatic heterocycles. The van der Waals surface area contributed by atoms with E-state index < -0.39 is 40.0 Å². The first-order chi connectivity index (χ1) is 14.9. The van der Waals surface area contributed by atoms with Crippen molar-refractivity contribution in [3.8, 4) is 0 Å². The van der Waals surface area contributed by atoms with Gasteiger partial charge in [-0.1, -0.05) is 88.7 Å². The van der Waals surface area contributed by atoms with E-state index >= 15 is 0 Å². The quantitative estimate of drug-likeness (QED) is 0.156. The van der Waals surface area contributed by atoms with Crippen molar-refractivity contribution in [2.75, 3.05) is 0 Å². The first-order valence-electron chi connectivity index (χ1n) is 12.8. The Balaban J connectivity index is 6.95. The molecule has 0 aliphatic rings. The van der Waals surface area contributed by atoms with E-state index in [9.17, 15) is 4.79 Å². The fraction of sp³-hybridized carbons (Fsp3) is 0.875. The third-order valence-corrected chi connectivity index (χ3v) is 26.0. The second-order valence-corrected chi connectivity index (χ2v) is 28.8. The highest BCUT2D eigenvalue weighted by molar-refractivity contribution is 6.91. The average Bonchev–Trinajstić information content (AvgIpc) is 2.67. The van der Waals surface area contributed by atoms with Crippen molar-refractivity contribution in [3.05, 3.63) is 12.7 Å². The summed E-state index contributed by atoms with van der Waals surface area (Å²) in [6.45, 7) is 34.5. The smallest absolute Gasteiger partial charge is 0.468 e. The minimum atomic E-state index is -3.21. The van der Waals surface area contributed by atoms with Crippen LogP contribution in [0.5, 0.6) is 0 Å². The van der Waals surface area contributed by atoms with Crippen LogP contribution in [0.3, 0.4) is 0 Å². The van der Waals surface area contributed by atoms with Gasteiger partial charge in [-0.25, -0.2) is 4.79 Å². The summed E-state index contributed by atoms with van der Waals surface area (Å²) in [4.78, 5) is 12.6. The molecule has 5 nitrogen and oxygen atoms in total. The summed E-state index contributed by atoms with van der Waals surface area (Å²) >= 11 is 0. The van der Waals surface area contributed by atoms with Crippen LogP contribution in [0.4, 0.5) is 0 Å². The van der Waals surface area contributed by atoms with E-state index in [1.807, 2.05) is 0 Å². The molecule has 0 bridgehead atoms. The molecule has 0 aliphatic carbocycles. The van der Waals surface area contributed by atoms with E-state index in [1.165, 1.54) is 6.08 Å². The van der Waals surface area contributed by atoms with Gasteiger partial charge >= 0.3 is 23.3 Å². The summed E-state index contributed by atoms with van der Waals surface area (Å²) in [5, 5.41) is 0. The van der Waals surface area contributed by atoms with Crippen LogP contribution in [0.15, 0.2) is 12.7 Å². The molecule has 3 atom stereocenters. The number of hydrogen-bond acceptors (Lipinski definition) is 5. The fourth-order valence-electron chi connectivity index (χ4n) is 5.26. The summed E-state index contributed by atoms with van der Waals surface area (Å²) in [6, 6.07) is 0. The lowest BCUT2D eigenvalue weighted by Crippen LogP contribution is -2.66. The highest BCUT2D eigenvalue weighted by Gasteiger charge is 2.60. The summed E-state index contributed by atoms with van der Waals surface area (Å²) in [6.07, 6.45) is 2.98. The molecule has 3 unspecified atom stereocenters. The minimum absolute atomic E-state index is 0.102. The van der Waals surface area contributed by atoms with Crippen molar-refractivity contribution in [1.29, 1.82) is 0 Å². The molecule has 0 aromatic carbocycles. The second-order valence-electron chi connectivity index (χ2n) is 11.6. The van der Waals surface area contributed by atoms with Crippen LogP contribution in [0.2, 0.25) is 53.9 Å². The zero-order chi connectivity index (χ0) is 26.4. The summed E-state index contributed by atoms with van der Waals surface area (Å²) < 4.78 is 27.7. The van der Waals surface area contributed by atoms with Gasteiger partial charge in [-0.05, 0) is 36.3 Å². The lowest BCUT2D eigenvalue weighted by atomic mass is 10.4. The lowest BCUT2D eigenvalue weighted by Gasteiger charge is -2.51. The third-order valence-electron chi connectivity index (χ3n) is 6.93. The van der Waals surface area contributed by atoms with Crippen molar-refractivity contribution < 1.29 is 21.6 Å². The van der Waals surface area contributed by atoms with E-state index in [2.05, 4.69) is 102 Å². The molecule has 33 heavy (non-hydrogen) atoms. The Bertz CT molecular complexity index is 601. The van der Waals surface area contributed by atoms with E-state index in [-0.39, 0.29) is 11.1 Å². The predicted molar refractivity (Wildman–Crippen MR) is 151 cm³/mol. The van der Waals surface area contributed by atoms with Gasteiger partial charge in [0, 0.05) is 23.7 Å². The first-order valence-corrected chi connectivity index (χ1v) is 22.6. The molecule has 0 rings (SSSR count). The Kier molecular flexibility index (Phi) is 12.8. The van der Waals surface area contributed by atoms with Gasteiger partial charge in [-0.3, -0.25) is 0 Å². The molecule has 0 aliphatic heterocycles. The molecule has 0 saturated carbocycles. The molecule has 0 amide bonds. The van der Waals surface area contributed by atoms with Crippen LogP contribution in [-0.2, 0) is 21.6 Å². The molecule has 0 saturated heterocycles. The van der Waals surface area contributed by atoms with Crippen molar-refractivity contribution in [3.63, 3.8) is 0 Å². The van der Waals surface area contributed by atoms with Crippen molar-refractivity contribution in [1.82, 2.24) is 0 Å². The Labute approximate surface area is 209 Å². The number of rotatable bonds is 15. The van der Waals surface area contributed by atoms with Crippen molar-refractivity contribution in [2.45, 2.75) is 136 Å². The Morgan fingerprint density at radius 2 is 1.15 bits per heavy atom. The molecule has 0 heterocycles. The van der Waals surface area contributed by atoms with Crippen LogP contribution >= 0.6 is 0 Å². The zero-order valence-electron chi connectivity index (χ0n) is 24.1. The van der Waals surface area contributed by atoms with Crippen molar-refractivity contribution >= 4 is 40.0 Å². The monoisotopic (exact) mass is 534 g/mol. The highest BCUT2D eigenvalue weighted by Crippen LogP contribution is 2.47. The third kappa shape index (κ3) is 8.25. The highest BCUT2D eigenvalue weighted by atomic mass is 28.5. The van der Waals surface area contributed by atoms with Crippen LogP contribution in [0, 0.1) is 0 Å². The van der Waals surface area contributed by atoms with Gasteiger partial charge in [-0.15, -0.1) is 0 Å². The normalized spacial score (nSPS) is 18.7. The maximum atomic E-state index is 12.6. The van der Waals surface area contributed by atoms with Gasteiger partial charge in [0.1, 0.15) is 0 Å². The van der Waals surface area contributed by atoms with Crippen LogP contribution in [0.1, 0.15) is 82.1 Å². The summed E-state index contributed by atoms with van der Waals surface area (Å²) in [7, 11) is -10.6. The topological polar surface area (TPSA) is 54.0 Å². The molecular formula is C24H54O5Si4. The summed E-state index contributed by atoms with van der Waals surface area (Å²) in [5.74, 6) is -0.410. The molecule has 0 aromatic rings. The van der Waals surface area contributed by atoms with Gasteiger partial charge in [0.05, 0.1) is 0 Å². The molecule has 0 N–H and O–H groups in total. The van der Waals surface area contributed by atoms with Gasteiger partial charge < -0.3 is 16.8 Å². The van der Waals surface area contributed by atoms with E-state index in [0.717, 1.165) is 12.8 Å². The van der Waals surface area contributed by atoms with Crippen molar-refractivity contribution in [2.24, 2.45) is 0 Å². The maximum absolute atomic E-state index is 12.6. The van der Waals surface area contributed by atoms with Crippen LogP contribution in [0.25, 0.3) is 0 Å². The minimum Gasteiger partial charge on any atom is -0.491 e. The Morgan fingerprint density at radius 3 is 1.42 bits per heavy atom. The first kappa shape index (κ1) is 33.0.